The third-order valence-corrected chi connectivity index (χ3v) is 27.1. The molecule has 8 unspecified atom stereocenters. The minimum absolute atomic E-state index is 0.174. The highest BCUT2D eigenvalue weighted by Gasteiger charge is 2.34. The summed E-state index contributed by atoms with van der Waals surface area (Å²) in [5.41, 5.74) is 23.2. The molecule has 11 rings (SSSR count). The van der Waals surface area contributed by atoms with Crippen molar-refractivity contribution in [3.8, 4) is 46.0 Å². The number of aliphatic hydroxyl groups excluding tert-OH is 8. The van der Waals surface area contributed by atoms with Crippen LogP contribution in [0.25, 0.3) is 0 Å². The van der Waals surface area contributed by atoms with E-state index in [9.17, 15) is 40.9 Å². The summed E-state index contributed by atoms with van der Waals surface area (Å²) in [4.78, 5) is 8.30. The minimum atomic E-state index is -0.514. The Morgan fingerprint density at radius 1 is 0.288 bits per heavy atom. The number of hydrogen-bond donors (Lipinski definition) is 8. The third-order valence-electron chi connectivity index (χ3n) is 27.1. The predicted octanol–water partition coefficient (Wildman–Crippen LogP) is 19.6. The first-order valence-electron chi connectivity index (χ1n) is 51.6. The molecule has 8 N–H and O–H groups in total. The molecule has 0 saturated carbocycles. The standard InChI is InChI=1S/C60H84N2O8.C59H80N2O8/c1-9-13-48-19-25-57(31-43(48)5)67-39-53(35-63)61(54(36-64)40-68-58-26-20-49(14-10-2)44(6)32-58)30-29-47-17-23-52(24-18-47)62(55(37-65)41-69-59-27-21-50(15-11-3)45(7)33-59)56(38-66)42-70-60-28-22-51(16-12-4)46(8)34-60;1-7-11-45-17-25-58-49(31-45)33-50-32-46(12-8-2)18-26-59(50)69-41-55(37-65)61(54(36-64)40-68-58)51-21-15-44(16-22-51)27-28-60(52(34-62)38-66-56-23-19-47(13-9-3)42(5)29-56)53(35-63)39-67-57-24-20-48(14-10-4)43(6)30-57/h17-28,31-34,53-56,63-66H,9-16,29-30,35-42H2,1-8H3;15-26,29-32,52-55,62-65H,7-14,27-28,33-41H2,1-6H3. The lowest BCUT2D eigenvalue weighted by molar-refractivity contribution is 0.0108. The first-order valence-corrected chi connectivity index (χ1v) is 51.6. The van der Waals surface area contributed by atoms with E-state index in [4.69, 9.17) is 37.9 Å². The number of anilines is 2. The zero-order chi connectivity index (χ0) is 99.5. The van der Waals surface area contributed by atoms with Gasteiger partial charge in [0.1, 0.15) is 98.9 Å². The van der Waals surface area contributed by atoms with Gasteiger partial charge >= 0.3 is 0 Å². The summed E-state index contributed by atoms with van der Waals surface area (Å²) in [6.45, 7) is 31.2. The van der Waals surface area contributed by atoms with Crippen molar-refractivity contribution in [2.75, 3.05) is 129 Å². The quantitative estimate of drug-likeness (QED) is 0.0176. The van der Waals surface area contributed by atoms with Crippen LogP contribution in [0.2, 0.25) is 0 Å². The fourth-order valence-corrected chi connectivity index (χ4v) is 19.1. The highest BCUT2D eigenvalue weighted by molar-refractivity contribution is 5.54. The number of fused-ring (bicyclic) bond motifs is 2. The molecular formula is C119H164N4O16. The van der Waals surface area contributed by atoms with E-state index in [0.717, 1.165) is 182 Å². The lowest BCUT2D eigenvalue weighted by Gasteiger charge is -2.39. The maximum Gasteiger partial charge on any atom is 0.122 e. The normalized spacial score (nSPS) is 14.6. The van der Waals surface area contributed by atoms with Crippen LogP contribution in [0, 0.1) is 41.5 Å². The van der Waals surface area contributed by atoms with Crippen molar-refractivity contribution in [3.05, 3.63) is 294 Å². The summed E-state index contributed by atoms with van der Waals surface area (Å²) in [5, 5.41) is 87.8. The van der Waals surface area contributed by atoms with Crippen LogP contribution in [0.3, 0.4) is 0 Å². The van der Waals surface area contributed by atoms with E-state index in [1.165, 1.54) is 77.9 Å². The van der Waals surface area contributed by atoms with Crippen molar-refractivity contribution in [3.63, 3.8) is 0 Å². The average molecular weight is 1910 g/mol. The third kappa shape index (κ3) is 32.9. The monoisotopic (exact) mass is 1910 g/mol. The Labute approximate surface area is 831 Å². The number of hydrogen-bond acceptors (Lipinski definition) is 20. The van der Waals surface area contributed by atoms with Gasteiger partial charge in [0, 0.05) is 30.9 Å². The topological polar surface area (TPSA) is 249 Å². The molecule has 1 heterocycles. The molecule has 0 amide bonds. The van der Waals surface area contributed by atoms with Crippen molar-refractivity contribution in [2.24, 2.45) is 0 Å². The Morgan fingerprint density at radius 2 is 0.540 bits per heavy atom. The van der Waals surface area contributed by atoms with Gasteiger partial charge in [0.15, 0.2) is 0 Å². The second-order valence-electron chi connectivity index (χ2n) is 37.9. The molecule has 0 aromatic heterocycles. The summed E-state index contributed by atoms with van der Waals surface area (Å²) in [5.74, 6) is 6.00. The summed E-state index contributed by atoms with van der Waals surface area (Å²) >= 11 is 0. The zero-order valence-electron chi connectivity index (χ0n) is 85.9. The van der Waals surface area contributed by atoms with Gasteiger partial charge in [-0.25, -0.2) is 0 Å². The Balaban J connectivity index is 0.000000287. The van der Waals surface area contributed by atoms with Crippen LogP contribution in [0.15, 0.2) is 194 Å². The van der Waals surface area contributed by atoms with Gasteiger partial charge in [0.25, 0.3) is 0 Å². The highest BCUT2D eigenvalue weighted by Crippen LogP contribution is 2.36. The Hall–Kier alpha value is -10.2. The number of nitrogens with zero attached hydrogens (tertiary/aromatic N) is 4. The van der Waals surface area contributed by atoms with Gasteiger partial charge in [-0.1, -0.05) is 192 Å². The molecule has 756 valence electrons. The molecule has 8 atom stereocenters. The van der Waals surface area contributed by atoms with E-state index < -0.39 is 48.3 Å². The molecule has 0 spiro atoms. The summed E-state index contributed by atoms with van der Waals surface area (Å²) in [6.07, 6.45) is 18.3. The first-order chi connectivity index (χ1) is 67.6. The second-order valence-corrected chi connectivity index (χ2v) is 37.9. The van der Waals surface area contributed by atoms with E-state index in [0.29, 0.717) is 32.4 Å². The molecule has 10 aromatic rings. The maximum atomic E-state index is 11.0. The van der Waals surface area contributed by atoms with Gasteiger partial charge in [0.2, 0.25) is 0 Å². The lowest BCUT2D eigenvalue weighted by atomic mass is 9.97. The van der Waals surface area contributed by atoms with E-state index in [2.05, 4.69) is 240 Å². The Morgan fingerprint density at radius 3 is 0.784 bits per heavy atom. The lowest BCUT2D eigenvalue weighted by Crippen LogP contribution is -2.52. The van der Waals surface area contributed by atoms with Gasteiger partial charge in [-0.3, -0.25) is 9.80 Å². The fraction of sp³-hybridized carbons (Fsp3) is 0.496. The minimum Gasteiger partial charge on any atom is -0.492 e. The van der Waals surface area contributed by atoms with Crippen LogP contribution in [0.5, 0.6) is 46.0 Å². The average Bonchev–Trinajstić information content (AvgIpc) is 0.810. The molecule has 0 saturated heterocycles. The number of ether oxygens (including phenoxy) is 8. The Bertz CT molecular complexity index is 4990. The molecule has 139 heavy (non-hydrogen) atoms. The molecule has 0 bridgehead atoms. The maximum absolute atomic E-state index is 11.0. The highest BCUT2D eigenvalue weighted by atomic mass is 16.5. The van der Waals surface area contributed by atoms with Gasteiger partial charge in [0.05, 0.1) is 101 Å². The predicted molar refractivity (Wildman–Crippen MR) is 564 cm³/mol. The van der Waals surface area contributed by atoms with Crippen molar-refractivity contribution < 1.29 is 78.7 Å². The van der Waals surface area contributed by atoms with Gasteiger partial charge in [-0.2, -0.15) is 0 Å². The van der Waals surface area contributed by atoms with Crippen molar-refractivity contribution >= 4 is 11.4 Å². The fourth-order valence-electron chi connectivity index (χ4n) is 19.1. The largest absolute Gasteiger partial charge is 0.492 e. The smallest absolute Gasteiger partial charge is 0.122 e. The Kier molecular flexibility index (Phi) is 46.9. The molecule has 0 aliphatic carbocycles. The van der Waals surface area contributed by atoms with Gasteiger partial charge < -0.3 is 88.5 Å². The van der Waals surface area contributed by atoms with Crippen LogP contribution in [-0.4, -0.2) is 218 Å². The molecule has 20 nitrogen and oxygen atoms in total. The second kappa shape index (κ2) is 58.9. The van der Waals surface area contributed by atoms with E-state index >= 15 is 0 Å². The molecule has 1 aliphatic rings. The molecule has 1 aliphatic heterocycles. The summed E-state index contributed by atoms with van der Waals surface area (Å²) in [6, 6.07) is 62.5. The van der Waals surface area contributed by atoms with Crippen molar-refractivity contribution in [1.82, 2.24) is 9.80 Å². The summed E-state index contributed by atoms with van der Waals surface area (Å²) in [7, 11) is 0. The van der Waals surface area contributed by atoms with Crippen LogP contribution in [0.1, 0.15) is 207 Å². The van der Waals surface area contributed by atoms with Crippen molar-refractivity contribution in [1.29, 1.82) is 0 Å². The van der Waals surface area contributed by atoms with Crippen LogP contribution < -0.4 is 47.7 Å². The van der Waals surface area contributed by atoms with E-state index in [1.807, 2.05) is 70.5 Å². The summed E-state index contributed by atoms with van der Waals surface area (Å²) < 4.78 is 51.5. The first kappa shape index (κ1) is 111. The molecule has 0 radical (unpaired) electrons. The zero-order valence-corrected chi connectivity index (χ0v) is 85.9. The SMILES string of the molecule is CCCc1ccc(OCC(CO)N(CCc2ccc(N(C(CO)COc3ccc(CCC)c(C)c3)C(CO)COc3ccc(CCC)c(C)c3)cc2)C(CO)COc2ccc(CCC)c(C)c2)cc1C.CCCc1ccc2c(c1)Cc1cc(CCC)ccc1OCC(CO)N(c1ccc(CCN(C(CO)COc3ccc(CCC)c(C)c3)C(CO)COc3ccc(CCC)c(C)c3)cc1)C(CO)CO2. The van der Waals surface area contributed by atoms with Gasteiger partial charge in [-0.05, 0) is 315 Å². The number of rotatable bonds is 56. The van der Waals surface area contributed by atoms with Gasteiger partial charge in [-0.15, -0.1) is 0 Å². The van der Waals surface area contributed by atoms with Crippen LogP contribution in [-0.2, 0) is 70.6 Å². The molecular weight excluding hydrogens is 1740 g/mol. The van der Waals surface area contributed by atoms with Crippen LogP contribution >= 0.6 is 0 Å². The van der Waals surface area contributed by atoms with E-state index in [-0.39, 0.29) is 106 Å². The number of benzene rings is 10. The van der Waals surface area contributed by atoms with E-state index in [1.54, 1.807) is 0 Å². The molecule has 10 aromatic carbocycles. The number of aliphatic hydroxyl groups is 8. The molecule has 20 heteroatoms. The van der Waals surface area contributed by atoms with Crippen LogP contribution in [0.4, 0.5) is 11.4 Å². The van der Waals surface area contributed by atoms with Crippen molar-refractivity contribution in [2.45, 2.75) is 267 Å². The number of aryl methyl sites for hydroxylation is 14. The molecule has 0 fully saturated rings.